The van der Waals surface area contributed by atoms with Gasteiger partial charge in [-0.05, 0) is 46.3 Å². The molecule has 1 aromatic heterocycles. The molecule has 1 aromatic carbocycles. The third kappa shape index (κ3) is 7.10. The minimum absolute atomic E-state index is 0. The van der Waals surface area contributed by atoms with Crippen LogP contribution in [0.2, 0.25) is 5.02 Å². The van der Waals surface area contributed by atoms with Crippen molar-refractivity contribution in [1.82, 2.24) is 5.43 Å². The van der Waals surface area contributed by atoms with Crippen LogP contribution in [0.4, 0.5) is 0 Å². The Bertz CT molecular complexity index is 886. The second-order valence-corrected chi connectivity index (χ2v) is 6.87. The SMILES string of the molecule is O=C(COc1ccc(Cl)cc1Br)N/N=C/c1ccc(S(=O)(=O)[O-])o1.[Na+]. The van der Waals surface area contributed by atoms with E-state index in [-0.39, 0.29) is 41.9 Å². The Morgan fingerprint density at radius 2 is 2.12 bits per heavy atom. The number of amides is 1. The van der Waals surface area contributed by atoms with Crippen LogP contribution in [0.1, 0.15) is 5.76 Å². The molecule has 0 saturated heterocycles. The fourth-order valence-corrected chi connectivity index (χ4v) is 2.70. The number of nitrogens with one attached hydrogen (secondary N) is 1. The van der Waals surface area contributed by atoms with Gasteiger partial charge in [-0.1, -0.05) is 11.6 Å². The largest absolute Gasteiger partial charge is 1.00 e. The van der Waals surface area contributed by atoms with Crippen molar-refractivity contribution in [2.45, 2.75) is 5.09 Å². The van der Waals surface area contributed by atoms with E-state index in [1.54, 1.807) is 18.2 Å². The summed E-state index contributed by atoms with van der Waals surface area (Å²) in [6.07, 6.45) is 1.05. The van der Waals surface area contributed by atoms with Crippen LogP contribution < -0.4 is 39.7 Å². The number of carbonyl (C=O) groups excluding carboxylic acids is 1. The molecule has 0 unspecified atom stereocenters. The molecule has 0 bridgehead atoms. The number of nitrogens with zero attached hydrogens (tertiary/aromatic N) is 1. The number of hydrazone groups is 1. The number of benzene rings is 1. The van der Waals surface area contributed by atoms with Gasteiger partial charge in [-0.25, -0.2) is 13.8 Å². The van der Waals surface area contributed by atoms with Crippen LogP contribution in [-0.2, 0) is 14.9 Å². The first-order chi connectivity index (χ1) is 11.3. The summed E-state index contributed by atoms with van der Waals surface area (Å²) in [7, 11) is -4.67. The van der Waals surface area contributed by atoms with Crippen LogP contribution >= 0.6 is 27.5 Å². The van der Waals surface area contributed by atoms with Crippen molar-refractivity contribution < 1.29 is 56.5 Å². The molecule has 0 aliphatic carbocycles. The van der Waals surface area contributed by atoms with Crippen LogP contribution in [-0.4, -0.2) is 31.7 Å². The van der Waals surface area contributed by atoms with E-state index in [1.165, 1.54) is 6.07 Å². The Hall–Kier alpha value is -0.880. The minimum Gasteiger partial charge on any atom is -0.742 e. The van der Waals surface area contributed by atoms with E-state index in [4.69, 9.17) is 20.8 Å². The molecule has 12 heteroatoms. The van der Waals surface area contributed by atoms with Crippen molar-refractivity contribution >= 4 is 49.8 Å². The predicted octanol–water partition coefficient (Wildman–Crippen LogP) is -0.867. The molecule has 25 heavy (non-hydrogen) atoms. The molecule has 0 fully saturated rings. The van der Waals surface area contributed by atoms with Crippen LogP contribution in [0.5, 0.6) is 5.75 Å². The zero-order valence-corrected chi connectivity index (χ0v) is 17.9. The summed E-state index contributed by atoms with van der Waals surface area (Å²) in [5.41, 5.74) is 2.16. The molecule has 8 nitrogen and oxygen atoms in total. The van der Waals surface area contributed by atoms with Crippen molar-refractivity contribution in [2.75, 3.05) is 6.61 Å². The van der Waals surface area contributed by atoms with Crippen LogP contribution in [0.15, 0.2) is 49.4 Å². The van der Waals surface area contributed by atoms with Crippen LogP contribution in [0.25, 0.3) is 0 Å². The van der Waals surface area contributed by atoms with E-state index in [0.29, 0.717) is 15.2 Å². The Morgan fingerprint density at radius 3 is 2.72 bits per heavy atom. The summed E-state index contributed by atoms with van der Waals surface area (Å²) in [6.45, 7) is -0.310. The molecule has 0 atom stereocenters. The molecule has 2 aromatic rings. The van der Waals surface area contributed by atoms with Gasteiger partial charge in [-0.3, -0.25) is 4.79 Å². The van der Waals surface area contributed by atoms with Crippen LogP contribution in [0, 0.1) is 0 Å². The fraction of sp³-hybridized carbons (Fsp3) is 0.0769. The van der Waals surface area contributed by atoms with Gasteiger partial charge < -0.3 is 13.7 Å². The molecule has 1 amide bonds. The summed E-state index contributed by atoms with van der Waals surface area (Å²) in [6, 6.07) is 7.03. The van der Waals surface area contributed by atoms with Gasteiger partial charge in [0, 0.05) is 5.02 Å². The monoisotopic (exact) mass is 458 g/mol. The van der Waals surface area contributed by atoms with E-state index >= 15 is 0 Å². The third-order valence-electron chi connectivity index (χ3n) is 2.48. The van der Waals surface area contributed by atoms with Gasteiger partial charge in [-0.15, -0.1) is 0 Å². The fourth-order valence-electron chi connectivity index (χ4n) is 1.47. The summed E-state index contributed by atoms with van der Waals surface area (Å²) in [5, 5.41) is 3.34. The molecule has 0 aliphatic heterocycles. The average molecular weight is 460 g/mol. The van der Waals surface area contributed by atoms with Crippen LogP contribution in [0.3, 0.4) is 0 Å². The van der Waals surface area contributed by atoms with E-state index in [1.807, 2.05) is 0 Å². The van der Waals surface area contributed by atoms with Gasteiger partial charge in [0.1, 0.15) is 11.5 Å². The molecule has 0 radical (unpaired) electrons. The normalized spacial score (nSPS) is 11.2. The second-order valence-electron chi connectivity index (χ2n) is 4.27. The van der Waals surface area contributed by atoms with Gasteiger partial charge in [0.2, 0.25) is 5.09 Å². The van der Waals surface area contributed by atoms with E-state index < -0.39 is 21.1 Å². The van der Waals surface area contributed by atoms with Gasteiger partial charge >= 0.3 is 29.6 Å². The molecular formula is C13H9BrClN2NaO6S. The number of carbonyl (C=O) groups is 1. The van der Waals surface area contributed by atoms with Crippen molar-refractivity contribution in [2.24, 2.45) is 5.10 Å². The van der Waals surface area contributed by atoms with Crippen molar-refractivity contribution in [3.05, 3.63) is 45.6 Å². The van der Waals surface area contributed by atoms with Crippen molar-refractivity contribution in [1.29, 1.82) is 0 Å². The van der Waals surface area contributed by atoms with Crippen molar-refractivity contribution in [3.63, 3.8) is 0 Å². The topological polar surface area (TPSA) is 121 Å². The zero-order chi connectivity index (χ0) is 17.7. The summed E-state index contributed by atoms with van der Waals surface area (Å²) >= 11 is 9.03. The smallest absolute Gasteiger partial charge is 0.742 e. The maximum absolute atomic E-state index is 11.6. The first-order valence-corrected chi connectivity index (χ1v) is 8.79. The maximum atomic E-state index is 11.6. The maximum Gasteiger partial charge on any atom is 1.00 e. The number of rotatable bonds is 6. The molecule has 128 valence electrons. The summed E-state index contributed by atoms with van der Waals surface area (Å²) in [4.78, 5) is 11.6. The van der Waals surface area contributed by atoms with E-state index in [9.17, 15) is 17.8 Å². The Kier molecular flexibility index (Phi) is 8.61. The molecule has 0 aliphatic rings. The standard InChI is InChI=1S/C13H10BrClN2O6S.Na/c14-10-5-8(15)1-3-11(10)22-7-12(18)17-16-6-9-2-4-13(23-9)24(19,20)21;/h1-6H,7H2,(H,17,18)(H,19,20,21);/q;+1/p-1/b16-6+;. The van der Waals surface area contributed by atoms with E-state index in [2.05, 4.69) is 26.5 Å². The van der Waals surface area contributed by atoms with Gasteiger partial charge in [0.15, 0.2) is 16.7 Å². The minimum atomic E-state index is -4.67. The van der Waals surface area contributed by atoms with E-state index in [0.717, 1.165) is 12.3 Å². The first kappa shape index (κ1) is 22.2. The molecule has 0 spiro atoms. The molecule has 1 heterocycles. The summed E-state index contributed by atoms with van der Waals surface area (Å²) < 4.78 is 42.7. The molecule has 1 N–H and O–H groups in total. The average Bonchev–Trinajstić information content (AvgIpc) is 2.95. The quantitative estimate of drug-likeness (QED) is 0.260. The Balaban J connectivity index is 0.00000312. The number of ether oxygens (including phenoxy) is 1. The predicted molar refractivity (Wildman–Crippen MR) is 87.1 cm³/mol. The second kappa shape index (κ2) is 9.72. The van der Waals surface area contributed by atoms with Gasteiger partial charge in [-0.2, -0.15) is 5.10 Å². The molecule has 0 saturated carbocycles. The Morgan fingerprint density at radius 1 is 1.40 bits per heavy atom. The van der Waals surface area contributed by atoms with Gasteiger partial charge in [0.25, 0.3) is 5.91 Å². The van der Waals surface area contributed by atoms with Gasteiger partial charge in [0.05, 0.1) is 10.7 Å². The van der Waals surface area contributed by atoms with Crippen molar-refractivity contribution in [3.8, 4) is 5.75 Å². The number of furan rings is 1. The molecular weight excluding hydrogens is 451 g/mol. The molecule has 2 rings (SSSR count). The number of hydrogen-bond acceptors (Lipinski definition) is 7. The first-order valence-electron chi connectivity index (χ1n) is 6.21. The zero-order valence-electron chi connectivity index (χ0n) is 12.7. The Labute approximate surface area is 178 Å². The number of halogens is 2. The number of hydrogen-bond donors (Lipinski definition) is 1. The third-order valence-corrected chi connectivity index (χ3v) is 4.05. The summed E-state index contributed by atoms with van der Waals surface area (Å²) in [5.74, 6) is -0.141.